The molecule has 10 heteroatoms. The second-order valence-electron chi connectivity index (χ2n) is 7.71. The van der Waals surface area contributed by atoms with Gasteiger partial charge >= 0.3 is 5.97 Å². The van der Waals surface area contributed by atoms with E-state index in [1.54, 1.807) is 36.4 Å². The van der Waals surface area contributed by atoms with E-state index in [1.807, 2.05) is 30.3 Å². The van der Waals surface area contributed by atoms with E-state index in [9.17, 15) is 18.0 Å². The number of hydrogen-bond acceptors (Lipinski definition) is 7. The fourth-order valence-corrected chi connectivity index (χ4v) is 4.98. The van der Waals surface area contributed by atoms with E-state index >= 15 is 0 Å². The van der Waals surface area contributed by atoms with Gasteiger partial charge in [-0.05, 0) is 42.5 Å². The molecule has 1 aliphatic rings. The molecule has 0 aromatic heterocycles. The zero-order valence-electron chi connectivity index (χ0n) is 18.8. The molecule has 182 valence electrons. The van der Waals surface area contributed by atoms with Crippen molar-refractivity contribution in [2.75, 3.05) is 43.5 Å². The largest absolute Gasteiger partial charge is 0.452 e. The summed E-state index contributed by atoms with van der Waals surface area (Å²) in [6.07, 6.45) is 0. The first-order chi connectivity index (χ1) is 16.9. The zero-order valence-corrected chi connectivity index (χ0v) is 19.7. The highest BCUT2D eigenvalue weighted by Gasteiger charge is 2.26. The minimum Gasteiger partial charge on any atom is -0.452 e. The summed E-state index contributed by atoms with van der Waals surface area (Å²) in [6.45, 7) is 0.694. The number of hydrogen-bond donors (Lipinski definition) is 2. The van der Waals surface area contributed by atoms with Gasteiger partial charge in [0.05, 0.1) is 29.4 Å². The van der Waals surface area contributed by atoms with Crippen LogP contribution in [-0.2, 0) is 24.3 Å². The van der Waals surface area contributed by atoms with Crippen molar-refractivity contribution in [3.8, 4) is 0 Å². The SMILES string of the molecule is O=C(COC(=O)c1ccccc1Nc1ccccc1)Nc1cccc(S(=O)(=O)N2CCOCC2)c1. The second-order valence-corrected chi connectivity index (χ2v) is 9.64. The first-order valence-electron chi connectivity index (χ1n) is 11.0. The molecular formula is C25H25N3O6S. The molecule has 0 bridgehead atoms. The average molecular weight is 496 g/mol. The summed E-state index contributed by atoms with van der Waals surface area (Å²) in [6, 6.07) is 22.1. The molecule has 0 saturated carbocycles. The van der Waals surface area contributed by atoms with Crippen LogP contribution in [0.5, 0.6) is 0 Å². The molecule has 9 nitrogen and oxygen atoms in total. The number of carbonyl (C=O) groups excluding carboxylic acids is 2. The molecule has 35 heavy (non-hydrogen) atoms. The molecule has 2 N–H and O–H groups in total. The van der Waals surface area contributed by atoms with Crippen molar-refractivity contribution in [1.29, 1.82) is 0 Å². The fourth-order valence-electron chi connectivity index (χ4n) is 3.52. The number of para-hydroxylation sites is 2. The van der Waals surface area contributed by atoms with Gasteiger partial charge < -0.3 is 20.1 Å². The Morgan fingerprint density at radius 2 is 1.57 bits per heavy atom. The predicted molar refractivity (Wildman–Crippen MR) is 131 cm³/mol. The molecule has 0 unspecified atom stereocenters. The summed E-state index contributed by atoms with van der Waals surface area (Å²) < 4.78 is 37.4. The number of nitrogens with zero attached hydrogens (tertiary/aromatic N) is 1. The Labute approximate surface area is 203 Å². The molecule has 3 aromatic rings. The third-order valence-electron chi connectivity index (χ3n) is 5.26. The molecule has 1 fully saturated rings. The molecule has 0 spiro atoms. The summed E-state index contributed by atoms with van der Waals surface area (Å²) in [5.74, 6) is -1.25. The van der Waals surface area contributed by atoms with Crippen molar-refractivity contribution in [3.63, 3.8) is 0 Å². The minimum absolute atomic E-state index is 0.0649. The van der Waals surface area contributed by atoms with Crippen LogP contribution in [0.15, 0.2) is 83.8 Å². The number of sulfonamides is 1. The predicted octanol–water partition coefficient (Wildman–Crippen LogP) is 3.25. The van der Waals surface area contributed by atoms with Gasteiger partial charge in [0.15, 0.2) is 6.61 Å². The molecular weight excluding hydrogens is 470 g/mol. The van der Waals surface area contributed by atoms with Crippen LogP contribution in [0.4, 0.5) is 17.1 Å². The van der Waals surface area contributed by atoms with Crippen LogP contribution in [0, 0.1) is 0 Å². The Hall–Kier alpha value is -3.73. The van der Waals surface area contributed by atoms with E-state index in [4.69, 9.17) is 9.47 Å². The Morgan fingerprint density at radius 3 is 2.34 bits per heavy atom. The van der Waals surface area contributed by atoms with Crippen LogP contribution in [0.2, 0.25) is 0 Å². The van der Waals surface area contributed by atoms with Gasteiger partial charge in [-0.2, -0.15) is 4.31 Å². The van der Waals surface area contributed by atoms with Crippen LogP contribution in [-0.4, -0.2) is 57.5 Å². The van der Waals surface area contributed by atoms with Crippen molar-refractivity contribution in [3.05, 3.63) is 84.4 Å². The Balaban J connectivity index is 1.37. The van der Waals surface area contributed by atoms with Gasteiger partial charge in [0.2, 0.25) is 10.0 Å². The number of benzene rings is 3. The van der Waals surface area contributed by atoms with Gasteiger partial charge in [-0.1, -0.05) is 36.4 Å². The minimum atomic E-state index is -3.70. The number of morpholine rings is 1. The Kier molecular flexibility index (Phi) is 7.76. The molecule has 0 radical (unpaired) electrons. The van der Waals surface area contributed by atoms with Gasteiger partial charge in [0.1, 0.15) is 0 Å². The highest BCUT2D eigenvalue weighted by molar-refractivity contribution is 7.89. The smallest absolute Gasteiger partial charge is 0.340 e. The highest BCUT2D eigenvalue weighted by atomic mass is 32.2. The lowest BCUT2D eigenvalue weighted by atomic mass is 10.1. The number of carbonyl (C=O) groups is 2. The van der Waals surface area contributed by atoms with Crippen LogP contribution in [0.1, 0.15) is 10.4 Å². The van der Waals surface area contributed by atoms with Crippen molar-refractivity contribution in [2.45, 2.75) is 4.90 Å². The molecule has 1 heterocycles. The Bertz CT molecular complexity index is 1290. The third kappa shape index (κ3) is 6.24. The van der Waals surface area contributed by atoms with E-state index in [2.05, 4.69) is 10.6 Å². The van der Waals surface area contributed by atoms with E-state index in [1.165, 1.54) is 16.4 Å². The van der Waals surface area contributed by atoms with E-state index in [-0.39, 0.29) is 29.2 Å². The quantitative estimate of drug-likeness (QED) is 0.461. The standard InChI is InChI=1S/C25H25N3O6S/c29-24(27-20-9-6-10-21(17-20)35(31,32)28-13-15-33-16-14-28)18-34-25(30)22-11-4-5-12-23(22)26-19-7-2-1-3-8-19/h1-12,17,26H,13-16,18H2,(H,27,29). The fraction of sp³-hybridized carbons (Fsp3) is 0.200. The molecule has 0 aliphatic carbocycles. The third-order valence-corrected chi connectivity index (χ3v) is 7.15. The summed E-state index contributed by atoms with van der Waals surface area (Å²) in [5.41, 5.74) is 1.91. The van der Waals surface area contributed by atoms with Gasteiger partial charge in [-0.25, -0.2) is 13.2 Å². The topological polar surface area (TPSA) is 114 Å². The van der Waals surface area contributed by atoms with Crippen LogP contribution < -0.4 is 10.6 Å². The first-order valence-corrected chi connectivity index (χ1v) is 12.4. The van der Waals surface area contributed by atoms with Gasteiger partial charge in [-0.15, -0.1) is 0 Å². The van der Waals surface area contributed by atoms with Crippen molar-refractivity contribution < 1.29 is 27.5 Å². The van der Waals surface area contributed by atoms with Gasteiger partial charge in [0.25, 0.3) is 5.91 Å². The molecule has 3 aromatic carbocycles. The highest BCUT2D eigenvalue weighted by Crippen LogP contribution is 2.22. The monoisotopic (exact) mass is 495 g/mol. The molecule has 1 amide bonds. The average Bonchev–Trinajstić information content (AvgIpc) is 2.89. The normalized spacial score (nSPS) is 14.2. The lowest BCUT2D eigenvalue weighted by Crippen LogP contribution is -2.40. The van der Waals surface area contributed by atoms with Crippen LogP contribution >= 0.6 is 0 Å². The number of rotatable bonds is 8. The molecule has 1 saturated heterocycles. The van der Waals surface area contributed by atoms with E-state index in [0.29, 0.717) is 18.9 Å². The number of anilines is 3. The number of ether oxygens (including phenoxy) is 2. The maximum absolute atomic E-state index is 12.8. The summed E-state index contributed by atoms with van der Waals surface area (Å²) >= 11 is 0. The molecule has 4 rings (SSSR count). The lowest BCUT2D eigenvalue weighted by Gasteiger charge is -2.26. The molecule has 0 atom stereocenters. The Morgan fingerprint density at radius 1 is 0.886 bits per heavy atom. The number of amides is 1. The lowest BCUT2D eigenvalue weighted by molar-refractivity contribution is -0.119. The summed E-state index contributed by atoms with van der Waals surface area (Å²) in [7, 11) is -3.70. The molecule has 1 aliphatic heterocycles. The van der Waals surface area contributed by atoms with Crippen LogP contribution in [0.25, 0.3) is 0 Å². The number of esters is 1. The van der Waals surface area contributed by atoms with E-state index < -0.39 is 28.5 Å². The van der Waals surface area contributed by atoms with Crippen molar-refractivity contribution in [2.24, 2.45) is 0 Å². The summed E-state index contributed by atoms with van der Waals surface area (Å²) in [4.78, 5) is 25.1. The maximum Gasteiger partial charge on any atom is 0.340 e. The van der Waals surface area contributed by atoms with Crippen molar-refractivity contribution in [1.82, 2.24) is 4.31 Å². The number of nitrogens with one attached hydrogen (secondary N) is 2. The van der Waals surface area contributed by atoms with Gasteiger partial charge in [-0.3, -0.25) is 4.79 Å². The first kappa shape index (κ1) is 24.4. The van der Waals surface area contributed by atoms with Gasteiger partial charge in [0, 0.05) is 24.5 Å². The maximum atomic E-state index is 12.8. The second kappa shape index (κ2) is 11.1. The zero-order chi connectivity index (χ0) is 24.7. The van der Waals surface area contributed by atoms with E-state index in [0.717, 1.165) is 5.69 Å². The van der Waals surface area contributed by atoms with Crippen LogP contribution in [0.3, 0.4) is 0 Å². The summed E-state index contributed by atoms with van der Waals surface area (Å²) in [5, 5.41) is 5.74. The van der Waals surface area contributed by atoms with Crippen molar-refractivity contribution >= 4 is 39.0 Å².